The molecule has 0 spiro atoms. The lowest BCUT2D eigenvalue weighted by Crippen LogP contribution is -2.27. The van der Waals surface area contributed by atoms with Gasteiger partial charge in [-0.1, -0.05) is 91.0 Å². The number of amides is 1. The van der Waals surface area contributed by atoms with E-state index in [4.69, 9.17) is 4.98 Å². The molecule has 1 aromatic heterocycles. The van der Waals surface area contributed by atoms with Crippen LogP contribution in [0.3, 0.4) is 0 Å². The molecular weight excluding hydrogens is 406 g/mol. The second kappa shape index (κ2) is 9.86. The maximum atomic E-state index is 13.2. The van der Waals surface area contributed by atoms with Crippen LogP contribution in [0.5, 0.6) is 0 Å². The Kier molecular flexibility index (Phi) is 6.34. The van der Waals surface area contributed by atoms with Gasteiger partial charge in [-0.2, -0.15) is 0 Å². The number of carbonyl (C=O) groups is 1. The summed E-state index contributed by atoms with van der Waals surface area (Å²) in [5.74, 6) is 1.40. The third-order valence-electron chi connectivity index (χ3n) is 6.51. The molecular formula is C29H29N3O. The molecule has 0 saturated carbocycles. The Morgan fingerprint density at radius 2 is 1.52 bits per heavy atom. The van der Waals surface area contributed by atoms with E-state index in [-0.39, 0.29) is 5.91 Å². The summed E-state index contributed by atoms with van der Waals surface area (Å²) in [5, 5.41) is 3.11. The molecule has 2 heterocycles. The van der Waals surface area contributed by atoms with Crippen LogP contribution in [-0.2, 0) is 25.8 Å². The largest absolute Gasteiger partial charge is 0.350 e. The van der Waals surface area contributed by atoms with Crippen molar-refractivity contribution < 1.29 is 4.79 Å². The highest BCUT2D eigenvalue weighted by atomic mass is 16.1. The minimum absolute atomic E-state index is 0.0741. The number of benzene rings is 3. The number of nitrogens with zero attached hydrogens (tertiary/aromatic N) is 2. The average Bonchev–Trinajstić information content (AvgIpc) is 3.23. The van der Waals surface area contributed by atoms with Gasteiger partial charge in [-0.25, -0.2) is 4.98 Å². The molecule has 33 heavy (non-hydrogen) atoms. The number of hydrogen-bond acceptors (Lipinski definition) is 2. The van der Waals surface area contributed by atoms with Crippen molar-refractivity contribution in [2.24, 2.45) is 0 Å². The highest BCUT2D eigenvalue weighted by Crippen LogP contribution is 2.31. The Bertz CT molecular complexity index is 1200. The van der Waals surface area contributed by atoms with Gasteiger partial charge in [0.05, 0.1) is 5.69 Å². The normalized spacial score (nSPS) is 15.1. The van der Waals surface area contributed by atoms with Crippen molar-refractivity contribution in [1.82, 2.24) is 14.9 Å². The van der Waals surface area contributed by atoms with Crippen LogP contribution in [0.2, 0.25) is 0 Å². The molecule has 0 saturated heterocycles. The molecule has 4 heteroatoms. The van der Waals surface area contributed by atoms with Gasteiger partial charge in [-0.3, -0.25) is 4.79 Å². The number of aryl methyl sites for hydroxylation is 1. The van der Waals surface area contributed by atoms with Crippen LogP contribution in [0.15, 0.2) is 91.0 Å². The molecule has 1 amide bonds. The van der Waals surface area contributed by atoms with Crippen LogP contribution >= 0.6 is 0 Å². The number of fused-ring (bicyclic) bond motifs is 1. The SMILES string of the molecule is O=C(NCCc1ccccc1)c1nc2n(c1Cc1ccccc1)CC(c1ccccc1)CC2. The minimum atomic E-state index is -0.0741. The summed E-state index contributed by atoms with van der Waals surface area (Å²) in [5.41, 5.74) is 5.37. The zero-order chi connectivity index (χ0) is 22.5. The Labute approximate surface area is 195 Å². The summed E-state index contributed by atoms with van der Waals surface area (Å²) in [6, 6.07) is 31.3. The van der Waals surface area contributed by atoms with Crippen LogP contribution < -0.4 is 5.32 Å². The van der Waals surface area contributed by atoms with Gasteiger partial charge in [-0.05, 0) is 29.5 Å². The molecule has 0 bridgehead atoms. The van der Waals surface area contributed by atoms with E-state index in [0.29, 0.717) is 24.6 Å². The number of imidazole rings is 1. The van der Waals surface area contributed by atoms with Crippen molar-refractivity contribution in [2.45, 2.75) is 38.1 Å². The van der Waals surface area contributed by atoms with Crippen molar-refractivity contribution in [3.8, 4) is 0 Å². The first-order valence-corrected chi connectivity index (χ1v) is 11.8. The second-order valence-electron chi connectivity index (χ2n) is 8.73. The molecule has 1 aliphatic heterocycles. The van der Waals surface area contributed by atoms with Gasteiger partial charge in [0.1, 0.15) is 11.5 Å². The molecule has 1 N–H and O–H groups in total. The molecule has 1 atom stereocenters. The molecule has 4 aromatic rings. The van der Waals surface area contributed by atoms with E-state index >= 15 is 0 Å². The molecule has 1 aliphatic rings. The van der Waals surface area contributed by atoms with Crippen molar-refractivity contribution in [3.63, 3.8) is 0 Å². The Morgan fingerprint density at radius 1 is 0.879 bits per heavy atom. The number of hydrogen-bond donors (Lipinski definition) is 1. The number of rotatable bonds is 7. The van der Waals surface area contributed by atoms with E-state index in [1.807, 2.05) is 24.3 Å². The quantitative estimate of drug-likeness (QED) is 0.435. The van der Waals surface area contributed by atoms with Gasteiger partial charge in [0.25, 0.3) is 5.91 Å². The van der Waals surface area contributed by atoms with Crippen LogP contribution in [0.1, 0.15) is 51.0 Å². The zero-order valence-electron chi connectivity index (χ0n) is 18.8. The van der Waals surface area contributed by atoms with E-state index in [1.165, 1.54) is 16.7 Å². The fourth-order valence-electron chi connectivity index (χ4n) is 4.76. The third-order valence-corrected chi connectivity index (χ3v) is 6.51. The highest BCUT2D eigenvalue weighted by molar-refractivity contribution is 5.93. The van der Waals surface area contributed by atoms with Crippen molar-refractivity contribution in [2.75, 3.05) is 6.54 Å². The lowest BCUT2D eigenvalue weighted by atomic mass is 9.91. The molecule has 3 aromatic carbocycles. The van der Waals surface area contributed by atoms with Crippen LogP contribution in [0.25, 0.3) is 0 Å². The predicted molar refractivity (Wildman–Crippen MR) is 131 cm³/mol. The number of carbonyl (C=O) groups excluding carboxylic acids is 1. The van der Waals surface area contributed by atoms with E-state index in [0.717, 1.165) is 37.3 Å². The third kappa shape index (κ3) is 4.90. The predicted octanol–water partition coefficient (Wildman–Crippen LogP) is 5.18. The summed E-state index contributed by atoms with van der Waals surface area (Å²) in [4.78, 5) is 18.1. The van der Waals surface area contributed by atoms with E-state index in [2.05, 4.69) is 76.6 Å². The number of nitrogens with one attached hydrogen (secondary N) is 1. The second-order valence-corrected chi connectivity index (χ2v) is 8.73. The van der Waals surface area contributed by atoms with Crippen LogP contribution in [0.4, 0.5) is 0 Å². The summed E-state index contributed by atoms with van der Waals surface area (Å²) in [6.45, 7) is 1.47. The summed E-state index contributed by atoms with van der Waals surface area (Å²) < 4.78 is 2.31. The fraction of sp³-hybridized carbons (Fsp3) is 0.241. The number of aromatic nitrogens is 2. The topological polar surface area (TPSA) is 46.9 Å². The van der Waals surface area contributed by atoms with Crippen molar-refractivity contribution in [3.05, 3.63) is 125 Å². The first-order valence-electron chi connectivity index (χ1n) is 11.8. The van der Waals surface area contributed by atoms with Gasteiger partial charge >= 0.3 is 0 Å². The Balaban J connectivity index is 1.40. The van der Waals surface area contributed by atoms with E-state index in [1.54, 1.807) is 0 Å². The van der Waals surface area contributed by atoms with E-state index < -0.39 is 0 Å². The Hall–Kier alpha value is -3.66. The van der Waals surface area contributed by atoms with Gasteiger partial charge in [0, 0.05) is 31.8 Å². The van der Waals surface area contributed by atoms with Gasteiger partial charge < -0.3 is 9.88 Å². The molecule has 166 valence electrons. The maximum Gasteiger partial charge on any atom is 0.271 e. The molecule has 0 radical (unpaired) electrons. The Morgan fingerprint density at radius 3 is 2.21 bits per heavy atom. The van der Waals surface area contributed by atoms with Crippen LogP contribution in [-0.4, -0.2) is 22.0 Å². The monoisotopic (exact) mass is 435 g/mol. The molecule has 0 aliphatic carbocycles. The summed E-state index contributed by atoms with van der Waals surface area (Å²) >= 11 is 0. The fourth-order valence-corrected chi connectivity index (χ4v) is 4.76. The molecule has 1 unspecified atom stereocenters. The van der Waals surface area contributed by atoms with E-state index in [9.17, 15) is 4.79 Å². The first kappa shape index (κ1) is 21.2. The molecule has 4 nitrogen and oxygen atoms in total. The summed E-state index contributed by atoms with van der Waals surface area (Å²) in [6.07, 6.45) is 3.46. The lowest BCUT2D eigenvalue weighted by Gasteiger charge is -2.25. The molecule has 5 rings (SSSR count). The van der Waals surface area contributed by atoms with Gasteiger partial charge in [0.2, 0.25) is 0 Å². The lowest BCUT2D eigenvalue weighted by molar-refractivity contribution is 0.0948. The maximum absolute atomic E-state index is 13.2. The first-order chi connectivity index (χ1) is 16.3. The smallest absolute Gasteiger partial charge is 0.271 e. The van der Waals surface area contributed by atoms with Gasteiger partial charge in [-0.15, -0.1) is 0 Å². The van der Waals surface area contributed by atoms with Crippen molar-refractivity contribution in [1.29, 1.82) is 0 Å². The summed E-state index contributed by atoms with van der Waals surface area (Å²) in [7, 11) is 0. The standard InChI is InChI=1S/C29H29N3O/c33-29(30-19-18-22-10-4-1-5-11-22)28-26(20-23-12-6-2-7-13-23)32-21-25(16-17-27(32)31-28)24-14-8-3-9-15-24/h1-15,25H,16-21H2,(H,30,33). The van der Waals surface area contributed by atoms with Crippen molar-refractivity contribution >= 4 is 5.91 Å². The average molecular weight is 436 g/mol. The minimum Gasteiger partial charge on any atom is -0.350 e. The zero-order valence-corrected chi connectivity index (χ0v) is 18.8. The van der Waals surface area contributed by atoms with Gasteiger partial charge in [0.15, 0.2) is 0 Å². The highest BCUT2D eigenvalue weighted by Gasteiger charge is 2.28. The molecule has 0 fully saturated rings. The van der Waals surface area contributed by atoms with Crippen LogP contribution in [0, 0.1) is 0 Å².